The summed E-state index contributed by atoms with van der Waals surface area (Å²) in [5.41, 5.74) is 1.29. The first-order chi connectivity index (χ1) is 16.0. The van der Waals surface area contributed by atoms with Gasteiger partial charge in [-0.05, 0) is 63.6 Å². The molecule has 33 heavy (non-hydrogen) atoms. The van der Waals surface area contributed by atoms with Crippen LogP contribution in [0.25, 0.3) is 0 Å². The van der Waals surface area contributed by atoms with Gasteiger partial charge in [-0.15, -0.1) is 0 Å². The Hall–Kier alpha value is -0.216. The summed E-state index contributed by atoms with van der Waals surface area (Å²) in [6.07, 6.45) is 15.3. The van der Waals surface area contributed by atoms with Gasteiger partial charge in [0, 0.05) is 25.9 Å². The Kier molecular flexibility index (Phi) is 13.2. The fraction of sp³-hybridized carbons (Fsp3) is 0.962. The first-order valence-electron chi connectivity index (χ1n) is 14.1. The highest BCUT2D eigenvalue weighted by Gasteiger charge is 2.53. The highest BCUT2D eigenvalue weighted by atomic mass is 28.4. The Balaban J connectivity index is 2.27. The first-order valence-corrected chi connectivity index (χ1v) is 18.3. The van der Waals surface area contributed by atoms with Crippen LogP contribution in [0.4, 0.5) is 0 Å². The summed E-state index contributed by atoms with van der Waals surface area (Å²) < 4.78 is 25.1. The molecule has 0 amide bonds. The minimum absolute atomic E-state index is 0.00935. The van der Waals surface area contributed by atoms with Gasteiger partial charge in [0.25, 0.3) is 14.3 Å². The number of carbonyl (C=O) groups is 1. The molecule has 0 spiro atoms. The van der Waals surface area contributed by atoms with Gasteiger partial charge in [-0.25, -0.2) is 0 Å². The van der Waals surface area contributed by atoms with Crippen LogP contribution in [0.5, 0.6) is 0 Å². The molecule has 5 nitrogen and oxygen atoms in total. The lowest BCUT2D eigenvalue weighted by atomic mass is 9.99. The minimum Gasteiger partial charge on any atom is -0.518 e. The van der Waals surface area contributed by atoms with Crippen LogP contribution in [0.1, 0.15) is 112 Å². The van der Waals surface area contributed by atoms with Gasteiger partial charge in [-0.2, -0.15) is 0 Å². The zero-order chi connectivity index (χ0) is 24.2. The summed E-state index contributed by atoms with van der Waals surface area (Å²) in [6.45, 7) is 11.8. The van der Waals surface area contributed by atoms with Gasteiger partial charge in [0.05, 0.1) is 5.92 Å². The van der Waals surface area contributed by atoms with E-state index in [0.29, 0.717) is 36.9 Å². The maximum absolute atomic E-state index is 13.8. The van der Waals surface area contributed by atoms with Gasteiger partial charge in [0.1, 0.15) is 0 Å². The molecule has 1 atom stereocenters. The van der Waals surface area contributed by atoms with Crippen molar-refractivity contribution >= 4 is 23.1 Å². The molecule has 0 aromatic carbocycles. The van der Waals surface area contributed by atoms with E-state index in [4.69, 9.17) is 17.7 Å². The van der Waals surface area contributed by atoms with Crippen molar-refractivity contribution in [2.24, 2.45) is 5.92 Å². The zero-order valence-corrected chi connectivity index (χ0v) is 24.3. The number of hydrogen-bond acceptors (Lipinski definition) is 5. The molecule has 7 heteroatoms. The first kappa shape index (κ1) is 29.0. The quantitative estimate of drug-likeness (QED) is 0.216. The monoisotopic (exact) mass is 500 g/mol. The SMILES string of the molecule is CCCC[Si](OC(=O)C(C)C[Si](OCC)(OCC)OCC)(C1CCCCC1)C1CCCCC1. The van der Waals surface area contributed by atoms with E-state index in [-0.39, 0.29) is 11.9 Å². The number of hydrogen-bond donors (Lipinski definition) is 0. The highest BCUT2D eigenvalue weighted by Crippen LogP contribution is 2.51. The van der Waals surface area contributed by atoms with Gasteiger partial charge in [-0.1, -0.05) is 65.2 Å². The van der Waals surface area contributed by atoms with Gasteiger partial charge >= 0.3 is 8.80 Å². The molecule has 0 bridgehead atoms. The van der Waals surface area contributed by atoms with Crippen LogP contribution in [0, 0.1) is 5.92 Å². The lowest BCUT2D eigenvalue weighted by Gasteiger charge is -2.46. The molecule has 2 aliphatic rings. The smallest absolute Gasteiger partial charge is 0.501 e. The molecule has 0 aromatic heterocycles. The molecule has 2 saturated carbocycles. The average Bonchev–Trinajstić information content (AvgIpc) is 2.83. The van der Waals surface area contributed by atoms with Crippen molar-refractivity contribution < 1.29 is 22.5 Å². The van der Waals surface area contributed by atoms with Crippen LogP contribution in [0.2, 0.25) is 23.2 Å². The predicted molar refractivity (Wildman–Crippen MR) is 140 cm³/mol. The van der Waals surface area contributed by atoms with Crippen molar-refractivity contribution in [2.45, 2.75) is 135 Å². The van der Waals surface area contributed by atoms with Crippen LogP contribution < -0.4 is 0 Å². The second kappa shape index (κ2) is 15.0. The van der Waals surface area contributed by atoms with Gasteiger partial charge < -0.3 is 17.7 Å². The third-order valence-corrected chi connectivity index (χ3v) is 16.8. The molecule has 0 radical (unpaired) electrons. The van der Waals surface area contributed by atoms with Crippen LogP contribution in [0.3, 0.4) is 0 Å². The summed E-state index contributed by atoms with van der Waals surface area (Å²) in [4.78, 5) is 13.8. The van der Waals surface area contributed by atoms with Crippen LogP contribution in [-0.4, -0.2) is 42.9 Å². The molecular formula is C26H52O5Si2. The fourth-order valence-corrected chi connectivity index (χ4v) is 15.3. The third kappa shape index (κ3) is 8.16. The van der Waals surface area contributed by atoms with E-state index >= 15 is 0 Å². The lowest BCUT2D eigenvalue weighted by molar-refractivity contribution is -0.139. The Morgan fingerprint density at radius 1 is 0.788 bits per heavy atom. The van der Waals surface area contributed by atoms with Gasteiger partial charge in [0.15, 0.2) is 0 Å². The number of carbonyl (C=O) groups excluding carboxylic acids is 1. The Morgan fingerprint density at radius 3 is 1.64 bits per heavy atom. The summed E-state index contributed by atoms with van der Waals surface area (Å²) in [5.74, 6) is -0.271. The van der Waals surface area contributed by atoms with E-state index in [0.717, 1.165) is 6.04 Å². The van der Waals surface area contributed by atoms with Crippen LogP contribution in [-0.2, 0) is 22.5 Å². The molecule has 0 aliphatic heterocycles. The van der Waals surface area contributed by atoms with E-state index in [9.17, 15) is 4.79 Å². The maximum atomic E-state index is 13.8. The van der Waals surface area contributed by atoms with E-state index in [1.165, 1.54) is 77.0 Å². The van der Waals surface area contributed by atoms with Gasteiger partial charge in [-0.3, -0.25) is 4.79 Å². The normalized spacial score (nSPS) is 20.0. The van der Waals surface area contributed by atoms with Crippen molar-refractivity contribution in [3.63, 3.8) is 0 Å². The molecule has 0 saturated heterocycles. The summed E-state index contributed by atoms with van der Waals surface area (Å²) >= 11 is 0. The summed E-state index contributed by atoms with van der Waals surface area (Å²) in [7, 11) is -5.11. The largest absolute Gasteiger partial charge is 0.518 e. The molecule has 194 valence electrons. The second-order valence-electron chi connectivity index (χ2n) is 10.2. The van der Waals surface area contributed by atoms with Crippen LogP contribution >= 0.6 is 0 Å². The minimum atomic E-state index is -2.89. The second-order valence-corrected chi connectivity index (χ2v) is 17.1. The van der Waals surface area contributed by atoms with Gasteiger partial charge in [0.2, 0.25) is 0 Å². The summed E-state index contributed by atoms with van der Waals surface area (Å²) in [6, 6.07) is 1.66. The van der Waals surface area contributed by atoms with E-state index in [1.54, 1.807) is 0 Å². The van der Waals surface area contributed by atoms with E-state index in [1.807, 2.05) is 27.7 Å². The van der Waals surface area contributed by atoms with E-state index in [2.05, 4.69) is 6.92 Å². The molecule has 0 heterocycles. The van der Waals surface area contributed by atoms with Crippen molar-refractivity contribution in [3.8, 4) is 0 Å². The molecular weight excluding hydrogens is 448 g/mol. The Morgan fingerprint density at radius 2 is 1.24 bits per heavy atom. The average molecular weight is 501 g/mol. The maximum Gasteiger partial charge on any atom is 0.501 e. The lowest BCUT2D eigenvalue weighted by Crippen LogP contribution is -2.53. The standard InChI is InChI=1S/C26H52O5Si2/c1-6-10-21-32(24-17-13-11-14-18-24,25-19-15-12-16-20-25)31-26(27)23(5)22-33(28-7-2,29-8-3)30-9-4/h23-25H,6-22H2,1-5H3. The third-order valence-electron chi connectivity index (χ3n) is 7.86. The van der Waals surface area contributed by atoms with Crippen LogP contribution in [0.15, 0.2) is 0 Å². The zero-order valence-electron chi connectivity index (χ0n) is 22.3. The van der Waals surface area contributed by atoms with Crippen molar-refractivity contribution in [3.05, 3.63) is 0 Å². The Bertz CT molecular complexity index is 512. The van der Waals surface area contributed by atoms with Crippen molar-refractivity contribution in [1.29, 1.82) is 0 Å². The molecule has 1 unspecified atom stereocenters. The fourth-order valence-electron chi connectivity index (χ4n) is 6.30. The number of rotatable bonds is 15. The predicted octanol–water partition coefficient (Wildman–Crippen LogP) is 7.63. The highest BCUT2D eigenvalue weighted by molar-refractivity contribution is 6.78. The topological polar surface area (TPSA) is 54.0 Å². The molecule has 2 aliphatic carbocycles. The molecule has 0 N–H and O–H groups in total. The molecule has 2 fully saturated rings. The van der Waals surface area contributed by atoms with Crippen molar-refractivity contribution in [1.82, 2.24) is 0 Å². The molecule has 2 rings (SSSR count). The number of unbranched alkanes of at least 4 members (excludes halogenated alkanes) is 1. The van der Waals surface area contributed by atoms with E-state index < -0.39 is 17.1 Å². The Labute approximate surface area is 206 Å². The van der Waals surface area contributed by atoms with Crippen molar-refractivity contribution in [2.75, 3.05) is 19.8 Å². The molecule has 0 aromatic rings. The summed E-state index contributed by atoms with van der Waals surface area (Å²) in [5, 5.41) is 0.